The lowest BCUT2D eigenvalue weighted by Gasteiger charge is -1.99. The van der Waals surface area contributed by atoms with Crippen molar-refractivity contribution < 1.29 is 9.59 Å². The predicted octanol–water partition coefficient (Wildman–Crippen LogP) is 1.55. The van der Waals surface area contributed by atoms with Gasteiger partial charge in [0.2, 0.25) is 0 Å². The minimum atomic E-state index is -0.434. The van der Waals surface area contributed by atoms with E-state index in [0.717, 1.165) is 23.0 Å². The van der Waals surface area contributed by atoms with Crippen molar-refractivity contribution in [2.75, 3.05) is 0 Å². The first-order chi connectivity index (χ1) is 6.24. The van der Waals surface area contributed by atoms with Gasteiger partial charge in [0.05, 0.1) is 5.92 Å². The van der Waals surface area contributed by atoms with Gasteiger partial charge < -0.3 is 4.79 Å². The zero-order valence-corrected chi connectivity index (χ0v) is 7.41. The van der Waals surface area contributed by atoms with Crippen LogP contribution in [0.1, 0.15) is 21.5 Å². The molecule has 13 heavy (non-hydrogen) atoms. The minimum Gasteiger partial charge on any atom is -0.303 e. The lowest BCUT2D eigenvalue weighted by atomic mass is 10.0. The van der Waals surface area contributed by atoms with Gasteiger partial charge in [-0.25, -0.2) is 0 Å². The van der Waals surface area contributed by atoms with Gasteiger partial charge in [0.15, 0.2) is 5.78 Å². The molecule has 1 aliphatic carbocycles. The first kappa shape index (κ1) is 8.17. The van der Waals surface area contributed by atoms with E-state index in [1.165, 1.54) is 0 Å². The van der Waals surface area contributed by atoms with Gasteiger partial charge in [-0.3, -0.25) is 4.79 Å². The molecule has 0 heterocycles. The number of carbonyl (C=O) groups is 2. The summed E-state index contributed by atoms with van der Waals surface area (Å²) in [5.41, 5.74) is 2.89. The van der Waals surface area contributed by atoms with E-state index in [1.807, 2.05) is 19.1 Å². The van der Waals surface area contributed by atoms with E-state index in [2.05, 4.69) is 0 Å². The maximum Gasteiger partial charge on any atom is 0.173 e. The topological polar surface area (TPSA) is 34.1 Å². The number of benzene rings is 1. The summed E-state index contributed by atoms with van der Waals surface area (Å²) in [5, 5.41) is 0. The van der Waals surface area contributed by atoms with Crippen molar-refractivity contribution in [3.8, 4) is 0 Å². The molecule has 0 amide bonds. The maximum atomic E-state index is 11.5. The van der Waals surface area contributed by atoms with Crippen LogP contribution >= 0.6 is 0 Å². The van der Waals surface area contributed by atoms with Crippen LogP contribution in [0.2, 0.25) is 0 Å². The Morgan fingerprint density at radius 3 is 2.85 bits per heavy atom. The molecule has 66 valence electrons. The quantitative estimate of drug-likeness (QED) is 0.478. The van der Waals surface area contributed by atoms with Crippen LogP contribution in [0.5, 0.6) is 0 Å². The van der Waals surface area contributed by atoms with Crippen molar-refractivity contribution in [2.45, 2.75) is 13.3 Å². The highest BCUT2D eigenvalue weighted by atomic mass is 16.1. The van der Waals surface area contributed by atoms with Crippen LogP contribution in [0, 0.1) is 12.8 Å². The molecule has 0 fully saturated rings. The highest BCUT2D eigenvalue weighted by Gasteiger charge is 2.30. The molecular weight excluding hydrogens is 164 g/mol. The van der Waals surface area contributed by atoms with Gasteiger partial charge >= 0.3 is 0 Å². The standard InChI is InChI=1S/C11H10O2/c1-7-3-2-4-9-10(7)5-8(6-12)11(9)13/h2-4,6,8H,5H2,1H3. The molecule has 1 aromatic rings. The summed E-state index contributed by atoms with van der Waals surface area (Å²) in [4.78, 5) is 22.1. The number of hydrogen-bond acceptors (Lipinski definition) is 2. The molecule has 0 radical (unpaired) electrons. The molecule has 0 aromatic heterocycles. The van der Waals surface area contributed by atoms with Gasteiger partial charge in [-0.2, -0.15) is 0 Å². The Bertz CT molecular complexity index is 380. The molecule has 0 spiro atoms. The predicted molar refractivity (Wildman–Crippen MR) is 48.8 cm³/mol. The fraction of sp³-hybridized carbons (Fsp3) is 0.273. The number of carbonyl (C=O) groups excluding carboxylic acids is 2. The largest absolute Gasteiger partial charge is 0.303 e. The molecule has 0 aliphatic heterocycles. The second-order valence-corrected chi connectivity index (χ2v) is 3.41. The van der Waals surface area contributed by atoms with E-state index in [-0.39, 0.29) is 5.78 Å². The normalized spacial score (nSPS) is 20.1. The van der Waals surface area contributed by atoms with Crippen LogP contribution in [0.4, 0.5) is 0 Å². The molecule has 1 aliphatic rings. The summed E-state index contributed by atoms with van der Waals surface area (Å²) in [6.07, 6.45) is 1.34. The van der Waals surface area contributed by atoms with Crippen LogP contribution < -0.4 is 0 Å². The Labute approximate surface area is 76.6 Å². The lowest BCUT2D eigenvalue weighted by Crippen LogP contribution is -2.09. The Morgan fingerprint density at radius 2 is 2.23 bits per heavy atom. The Morgan fingerprint density at radius 1 is 1.46 bits per heavy atom. The zero-order valence-electron chi connectivity index (χ0n) is 7.41. The van der Waals surface area contributed by atoms with Crippen molar-refractivity contribution in [1.82, 2.24) is 0 Å². The number of fused-ring (bicyclic) bond motifs is 1. The maximum absolute atomic E-state index is 11.5. The molecule has 1 atom stereocenters. The van der Waals surface area contributed by atoms with E-state index in [4.69, 9.17) is 0 Å². The van der Waals surface area contributed by atoms with Crippen molar-refractivity contribution >= 4 is 12.1 Å². The second kappa shape index (κ2) is 2.80. The third kappa shape index (κ3) is 1.10. The fourth-order valence-corrected chi connectivity index (χ4v) is 1.83. The summed E-state index contributed by atoms with van der Waals surface area (Å²) in [6, 6.07) is 5.63. The van der Waals surface area contributed by atoms with Crippen LogP contribution in [0.15, 0.2) is 18.2 Å². The molecule has 0 saturated carbocycles. The van der Waals surface area contributed by atoms with Crippen LogP contribution in [-0.2, 0) is 11.2 Å². The van der Waals surface area contributed by atoms with Gasteiger partial charge in [0.1, 0.15) is 6.29 Å². The molecule has 0 bridgehead atoms. The first-order valence-electron chi connectivity index (χ1n) is 4.32. The summed E-state index contributed by atoms with van der Waals surface area (Å²) in [7, 11) is 0. The highest BCUT2D eigenvalue weighted by molar-refractivity contribution is 6.09. The van der Waals surface area contributed by atoms with Gasteiger partial charge in [0, 0.05) is 5.56 Å². The molecule has 2 rings (SSSR count). The first-order valence-corrected chi connectivity index (χ1v) is 4.32. The SMILES string of the molecule is Cc1cccc2c1CC(C=O)C2=O. The second-order valence-electron chi connectivity index (χ2n) is 3.41. The summed E-state index contributed by atoms with van der Waals surface area (Å²) in [5.74, 6) is -0.454. The number of aryl methyl sites for hydroxylation is 1. The van der Waals surface area contributed by atoms with Gasteiger partial charge in [-0.1, -0.05) is 18.2 Å². The smallest absolute Gasteiger partial charge is 0.173 e. The fourth-order valence-electron chi connectivity index (χ4n) is 1.83. The molecule has 2 heteroatoms. The van der Waals surface area contributed by atoms with Gasteiger partial charge in [0.25, 0.3) is 0 Å². The van der Waals surface area contributed by atoms with Crippen molar-refractivity contribution in [3.05, 3.63) is 34.9 Å². The van der Waals surface area contributed by atoms with E-state index in [9.17, 15) is 9.59 Å². The Hall–Kier alpha value is -1.44. The highest BCUT2D eigenvalue weighted by Crippen LogP contribution is 2.27. The van der Waals surface area contributed by atoms with E-state index in [1.54, 1.807) is 6.07 Å². The summed E-state index contributed by atoms with van der Waals surface area (Å²) < 4.78 is 0. The third-order valence-corrected chi connectivity index (χ3v) is 2.60. The number of hydrogen-bond donors (Lipinski definition) is 0. The van der Waals surface area contributed by atoms with Crippen LogP contribution in [0.3, 0.4) is 0 Å². The van der Waals surface area contributed by atoms with Crippen molar-refractivity contribution in [2.24, 2.45) is 5.92 Å². The average Bonchev–Trinajstić information content (AvgIpc) is 2.45. The number of ketones is 1. The molecule has 0 N–H and O–H groups in total. The van der Waals surface area contributed by atoms with E-state index >= 15 is 0 Å². The van der Waals surface area contributed by atoms with Crippen LogP contribution in [-0.4, -0.2) is 12.1 Å². The number of rotatable bonds is 1. The van der Waals surface area contributed by atoms with E-state index in [0.29, 0.717) is 6.42 Å². The summed E-state index contributed by atoms with van der Waals surface area (Å²) in [6.45, 7) is 1.97. The van der Waals surface area contributed by atoms with Gasteiger partial charge in [-0.15, -0.1) is 0 Å². The molecule has 0 saturated heterocycles. The van der Waals surface area contributed by atoms with Gasteiger partial charge in [-0.05, 0) is 24.5 Å². The zero-order chi connectivity index (χ0) is 9.42. The molecule has 2 nitrogen and oxygen atoms in total. The Balaban J connectivity index is 2.55. The molecule has 1 aromatic carbocycles. The third-order valence-electron chi connectivity index (χ3n) is 2.60. The summed E-state index contributed by atoms with van der Waals surface area (Å²) >= 11 is 0. The van der Waals surface area contributed by atoms with Crippen molar-refractivity contribution in [3.63, 3.8) is 0 Å². The van der Waals surface area contributed by atoms with Crippen LogP contribution in [0.25, 0.3) is 0 Å². The van der Waals surface area contributed by atoms with Crippen molar-refractivity contribution in [1.29, 1.82) is 0 Å². The molecular formula is C11H10O2. The minimum absolute atomic E-state index is 0.0197. The number of aldehydes is 1. The monoisotopic (exact) mass is 174 g/mol. The average molecular weight is 174 g/mol. The lowest BCUT2D eigenvalue weighted by molar-refractivity contribution is -0.109. The van der Waals surface area contributed by atoms with E-state index < -0.39 is 5.92 Å². The Kier molecular flexibility index (Phi) is 1.76. The molecule has 1 unspecified atom stereocenters. The number of Topliss-reactive ketones (excluding diaryl/α,β-unsaturated/α-hetero) is 1.